The molecule has 3 rings (SSSR count). The highest BCUT2D eigenvalue weighted by molar-refractivity contribution is 7.90. The fourth-order valence-corrected chi connectivity index (χ4v) is 4.72. The van der Waals surface area contributed by atoms with Crippen molar-refractivity contribution in [3.8, 4) is 12.3 Å². The Morgan fingerprint density at radius 2 is 1.83 bits per heavy atom. The van der Waals surface area contributed by atoms with Gasteiger partial charge in [0.2, 0.25) is 4.80 Å². The molecular weight excluding hydrogens is 340 g/mol. The summed E-state index contributed by atoms with van der Waals surface area (Å²) in [6.45, 7) is 4.31. The van der Waals surface area contributed by atoms with Crippen molar-refractivity contribution >= 4 is 31.6 Å². The molecule has 24 heavy (non-hydrogen) atoms. The van der Waals surface area contributed by atoms with Gasteiger partial charge in [0.1, 0.15) is 0 Å². The average Bonchev–Trinajstić information content (AvgIpc) is 2.85. The molecule has 0 unspecified atom stereocenters. The molecule has 0 amide bonds. The van der Waals surface area contributed by atoms with Gasteiger partial charge in [-0.1, -0.05) is 35.5 Å². The van der Waals surface area contributed by atoms with Crippen LogP contribution in [0.3, 0.4) is 0 Å². The van der Waals surface area contributed by atoms with Crippen LogP contribution in [-0.4, -0.2) is 13.0 Å². The third-order valence-corrected chi connectivity index (χ3v) is 6.22. The fourth-order valence-electron chi connectivity index (χ4n) is 2.38. The number of hydrogen-bond donors (Lipinski definition) is 0. The Bertz CT molecular complexity index is 1120. The first-order valence-corrected chi connectivity index (χ1v) is 9.58. The first-order valence-electron chi connectivity index (χ1n) is 7.32. The highest BCUT2D eigenvalue weighted by Gasteiger charge is 2.14. The first-order chi connectivity index (χ1) is 11.4. The van der Waals surface area contributed by atoms with Gasteiger partial charge in [-0.3, -0.25) is 0 Å². The van der Waals surface area contributed by atoms with Gasteiger partial charge in [0, 0.05) is 0 Å². The fraction of sp³-hybridized carbons (Fsp3) is 0.167. The van der Waals surface area contributed by atoms with E-state index >= 15 is 0 Å². The van der Waals surface area contributed by atoms with Crippen molar-refractivity contribution in [3.05, 3.63) is 58.4 Å². The minimum atomic E-state index is -3.78. The summed E-state index contributed by atoms with van der Waals surface area (Å²) in [5, 5.41) is 0. The number of sulfonamides is 1. The summed E-state index contributed by atoms with van der Waals surface area (Å²) in [7, 11) is -3.78. The summed E-state index contributed by atoms with van der Waals surface area (Å²) in [6, 6.07) is 12.2. The Balaban J connectivity index is 2.30. The lowest BCUT2D eigenvalue weighted by Gasteiger charge is -2.03. The third-order valence-electron chi connectivity index (χ3n) is 3.79. The predicted molar refractivity (Wildman–Crippen MR) is 97.3 cm³/mol. The van der Waals surface area contributed by atoms with E-state index in [1.165, 1.54) is 23.5 Å². The van der Waals surface area contributed by atoms with Crippen LogP contribution in [0.25, 0.3) is 10.2 Å². The van der Waals surface area contributed by atoms with E-state index in [0.717, 1.165) is 21.3 Å². The van der Waals surface area contributed by atoms with Crippen molar-refractivity contribution in [2.24, 2.45) is 4.40 Å². The number of terminal acetylenes is 1. The number of fused-ring (bicyclic) bond motifs is 1. The Morgan fingerprint density at radius 1 is 1.17 bits per heavy atom. The Morgan fingerprint density at radius 3 is 2.50 bits per heavy atom. The number of hydrogen-bond acceptors (Lipinski definition) is 3. The van der Waals surface area contributed by atoms with E-state index in [2.05, 4.69) is 10.3 Å². The topological polar surface area (TPSA) is 51.4 Å². The molecule has 0 aliphatic heterocycles. The predicted octanol–water partition coefficient (Wildman–Crippen LogP) is 3.24. The number of thiazole rings is 1. The average molecular weight is 356 g/mol. The summed E-state index contributed by atoms with van der Waals surface area (Å²) in [4.78, 5) is 0.555. The van der Waals surface area contributed by atoms with Crippen LogP contribution in [0.4, 0.5) is 0 Å². The molecule has 0 aliphatic rings. The van der Waals surface area contributed by atoms with Gasteiger partial charge in [-0.05, 0) is 49.2 Å². The van der Waals surface area contributed by atoms with Crippen LogP contribution in [-0.2, 0) is 16.6 Å². The van der Waals surface area contributed by atoms with E-state index in [1.54, 1.807) is 22.8 Å². The standard InChI is InChI=1S/C18H16N2O2S2/c1-4-10-20-16-11-13(2)14(3)12-17(16)23-18(20)19-24(21,22)15-8-6-5-7-9-15/h1,5-9,11-12H,10H2,2-3H3/b19-18-. The van der Waals surface area contributed by atoms with Gasteiger partial charge >= 0.3 is 0 Å². The van der Waals surface area contributed by atoms with Crippen LogP contribution in [0.1, 0.15) is 11.1 Å². The van der Waals surface area contributed by atoms with Crippen LogP contribution in [0.2, 0.25) is 0 Å². The van der Waals surface area contributed by atoms with Crippen molar-refractivity contribution < 1.29 is 8.42 Å². The van der Waals surface area contributed by atoms with E-state index in [-0.39, 0.29) is 11.4 Å². The lowest BCUT2D eigenvalue weighted by Crippen LogP contribution is -2.16. The molecule has 1 aromatic heterocycles. The van der Waals surface area contributed by atoms with Crippen LogP contribution < -0.4 is 4.80 Å². The third kappa shape index (κ3) is 3.01. The summed E-state index contributed by atoms with van der Waals surface area (Å²) >= 11 is 1.33. The van der Waals surface area contributed by atoms with E-state index in [4.69, 9.17) is 6.42 Å². The molecule has 0 bridgehead atoms. The maximum atomic E-state index is 12.5. The van der Waals surface area contributed by atoms with Crippen molar-refractivity contribution in [1.29, 1.82) is 0 Å². The molecule has 0 saturated heterocycles. The van der Waals surface area contributed by atoms with Gasteiger partial charge in [0.15, 0.2) is 0 Å². The molecule has 0 aliphatic carbocycles. The maximum Gasteiger partial charge on any atom is 0.285 e. The molecule has 0 fully saturated rings. The number of aryl methyl sites for hydroxylation is 2. The monoisotopic (exact) mass is 356 g/mol. The molecule has 0 atom stereocenters. The van der Waals surface area contributed by atoms with Crippen molar-refractivity contribution in [2.75, 3.05) is 0 Å². The highest BCUT2D eigenvalue weighted by Crippen LogP contribution is 2.22. The van der Waals surface area contributed by atoms with Gasteiger partial charge in [0.25, 0.3) is 10.0 Å². The molecule has 3 aromatic rings. The summed E-state index contributed by atoms with van der Waals surface area (Å²) < 4.78 is 31.9. The Hall–Kier alpha value is -2.36. The van der Waals surface area contributed by atoms with E-state index in [0.29, 0.717) is 4.80 Å². The minimum absolute atomic E-state index is 0.169. The van der Waals surface area contributed by atoms with Crippen molar-refractivity contribution in [2.45, 2.75) is 25.3 Å². The van der Waals surface area contributed by atoms with Crippen LogP contribution in [0, 0.1) is 26.2 Å². The molecule has 6 heteroatoms. The van der Waals surface area contributed by atoms with Crippen LogP contribution in [0.15, 0.2) is 51.8 Å². The normalized spacial score (nSPS) is 12.5. The molecule has 1 heterocycles. The maximum absolute atomic E-state index is 12.5. The number of nitrogens with zero attached hydrogens (tertiary/aromatic N) is 2. The molecule has 122 valence electrons. The van der Waals surface area contributed by atoms with Gasteiger partial charge in [0.05, 0.1) is 21.7 Å². The second-order valence-corrected chi connectivity index (χ2v) is 8.07. The zero-order chi connectivity index (χ0) is 17.3. The molecule has 0 spiro atoms. The lowest BCUT2D eigenvalue weighted by atomic mass is 10.1. The summed E-state index contributed by atoms with van der Waals surface area (Å²) in [5.41, 5.74) is 3.18. The number of aromatic nitrogens is 1. The zero-order valence-corrected chi connectivity index (χ0v) is 15.0. The first kappa shape index (κ1) is 16.5. The van der Waals surface area contributed by atoms with Gasteiger partial charge in [-0.25, -0.2) is 0 Å². The number of rotatable bonds is 3. The largest absolute Gasteiger partial charge is 0.304 e. The summed E-state index contributed by atoms with van der Waals surface area (Å²) in [6.07, 6.45) is 5.47. The highest BCUT2D eigenvalue weighted by atomic mass is 32.2. The second kappa shape index (κ2) is 6.27. The zero-order valence-electron chi connectivity index (χ0n) is 13.4. The molecule has 0 N–H and O–H groups in total. The van der Waals surface area contributed by atoms with Gasteiger partial charge < -0.3 is 4.57 Å². The Labute approximate surface area is 145 Å². The molecule has 0 radical (unpaired) electrons. The summed E-state index contributed by atoms with van der Waals surface area (Å²) in [5.74, 6) is 2.58. The van der Waals surface area contributed by atoms with E-state index < -0.39 is 10.0 Å². The second-order valence-electron chi connectivity index (χ2n) is 5.46. The van der Waals surface area contributed by atoms with E-state index in [1.807, 2.05) is 26.0 Å². The quantitative estimate of drug-likeness (QED) is 0.677. The van der Waals surface area contributed by atoms with Crippen LogP contribution >= 0.6 is 11.3 Å². The SMILES string of the molecule is C#CCn1/c(=N/S(=O)(=O)c2ccccc2)sc2cc(C)c(C)cc21. The molecule has 2 aromatic carbocycles. The van der Waals surface area contributed by atoms with Gasteiger partial charge in [-0.15, -0.1) is 10.8 Å². The molecule has 4 nitrogen and oxygen atoms in total. The van der Waals surface area contributed by atoms with Crippen molar-refractivity contribution in [3.63, 3.8) is 0 Å². The van der Waals surface area contributed by atoms with Gasteiger partial charge in [-0.2, -0.15) is 8.42 Å². The minimum Gasteiger partial charge on any atom is -0.304 e. The smallest absolute Gasteiger partial charge is 0.285 e. The Kier molecular flexibility index (Phi) is 4.31. The van der Waals surface area contributed by atoms with Crippen LogP contribution in [0.5, 0.6) is 0 Å². The number of benzene rings is 2. The molecular formula is C18H16N2O2S2. The van der Waals surface area contributed by atoms with Crippen molar-refractivity contribution in [1.82, 2.24) is 4.57 Å². The molecule has 0 saturated carbocycles. The lowest BCUT2D eigenvalue weighted by molar-refractivity contribution is 0.596. The van der Waals surface area contributed by atoms with E-state index in [9.17, 15) is 8.42 Å².